The van der Waals surface area contributed by atoms with Crippen LogP contribution in [0.3, 0.4) is 0 Å². The Morgan fingerprint density at radius 2 is 1.02 bits per heavy atom. The van der Waals surface area contributed by atoms with Gasteiger partial charge in [-0.05, 0) is 48.9 Å². The minimum atomic E-state index is 0.620. The lowest BCUT2D eigenvalue weighted by atomic mass is 9.95. The molecule has 9 heteroatoms. The number of rotatable bonds is 14. The van der Waals surface area contributed by atoms with Crippen LogP contribution in [0.5, 0.6) is 0 Å². The molecule has 6 rings (SSSR count). The van der Waals surface area contributed by atoms with Crippen LogP contribution in [0.25, 0.3) is 50.7 Å². The van der Waals surface area contributed by atoms with Gasteiger partial charge in [-0.25, -0.2) is 0 Å². The van der Waals surface area contributed by atoms with E-state index in [1.807, 2.05) is 22.7 Å². The molecule has 0 bridgehead atoms. The summed E-state index contributed by atoms with van der Waals surface area (Å²) in [4.78, 5) is 5.24. The zero-order valence-corrected chi connectivity index (χ0v) is 29.7. The van der Waals surface area contributed by atoms with Gasteiger partial charge in [0, 0.05) is 49.4 Å². The van der Waals surface area contributed by atoms with Crippen LogP contribution in [0.1, 0.15) is 88.8 Å². The summed E-state index contributed by atoms with van der Waals surface area (Å²) in [5.41, 5.74) is 18.6. The van der Waals surface area contributed by atoms with E-state index in [-0.39, 0.29) is 0 Å². The summed E-state index contributed by atoms with van der Waals surface area (Å²) >= 11 is 8.70. The van der Waals surface area contributed by atoms with Crippen LogP contribution in [-0.2, 0) is 12.8 Å². The molecule has 0 amide bonds. The van der Waals surface area contributed by atoms with E-state index in [1.165, 1.54) is 104 Å². The largest absolute Gasteiger partial charge is 0.396 e. The van der Waals surface area contributed by atoms with E-state index in [2.05, 4.69) is 52.0 Å². The number of nitrogen functional groups attached to an aromatic ring is 2. The molecule has 4 N–H and O–H groups in total. The number of thiophene rings is 4. The fourth-order valence-corrected chi connectivity index (χ4v) is 12.0. The second-order valence-electron chi connectivity index (χ2n) is 11.9. The molecule has 4 nitrogen and oxygen atoms in total. The third kappa shape index (κ3) is 6.25. The van der Waals surface area contributed by atoms with Crippen LogP contribution < -0.4 is 11.5 Å². The molecule has 5 aromatic heterocycles. The molecule has 0 radical (unpaired) electrons. The highest BCUT2D eigenvalue weighted by molar-refractivity contribution is 7.30. The van der Waals surface area contributed by atoms with Gasteiger partial charge < -0.3 is 11.5 Å². The summed E-state index contributed by atoms with van der Waals surface area (Å²) in [5, 5.41) is 0. The number of aromatic nitrogens is 2. The second kappa shape index (κ2) is 13.5. The van der Waals surface area contributed by atoms with Crippen LogP contribution in [0.4, 0.5) is 11.4 Å². The van der Waals surface area contributed by atoms with Crippen molar-refractivity contribution in [1.82, 2.24) is 8.75 Å². The number of nitrogens with two attached hydrogens (primary N) is 2. The summed E-state index contributed by atoms with van der Waals surface area (Å²) in [7, 11) is 0. The first kappa shape index (κ1) is 31.0. The molecule has 0 aliphatic carbocycles. The molecular formula is C34H42N4S5. The Morgan fingerprint density at radius 3 is 1.40 bits per heavy atom. The number of hydrogen-bond acceptors (Lipinski definition) is 9. The number of unbranched alkanes of at least 4 members (excludes halogenated alkanes) is 2. The van der Waals surface area contributed by atoms with Crippen LogP contribution >= 0.6 is 57.1 Å². The van der Waals surface area contributed by atoms with Gasteiger partial charge >= 0.3 is 0 Å². The minimum absolute atomic E-state index is 0.620. The van der Waals surface area contributed by atoms with Gasteiger partial charge in [0.2, 0.25) is 0 Å². The van der Waals surface area contributed by atoms with Gasteiger partial charge in [-0.2, -0.15) is 8.75 Å². The highest BCUT2D eigenvalue weighted by atomic mass is 32.1. The van der Waals surface area contributed by atoms with Crippen molar-refractivity contribution in [1.29, 1.82) is 0 Å². The lowest BCUT2D eigenvalue weighted by Crippen LogP contribution is -2.01. The minimum Gasteiger partial charge on any atom is -0.396 e. The molecule has 0 aliphatic rings. The Hall–Kier alpha value is -2.04. The Kier molecular flexibility index (Phi) is 9.74. The van der Waals surface area contributed by atoms with Crippen molar-refractivity contribution in [2.24, 2.45) is 11.8 Å². The summed E-state index contributed by atoms with van der Waals surface area (Å²) < 4.78 is 14.8. The topological polar surface area (TPSA) is 77.8 Å². The highest BCUT2D eigenvalue weighted by Crippen LogP contribution is 2.50. The maximum Gasteiger partial charge on any atom is 0.116 e. The lowest BCUT2D eigenvalue weighted by molar-refractivity contribution is 0.452. The van der Waals surface area contributed by atoms with Crippen molar-refractivity contribution in [2.45, 2.75) is 91.9 Å². The smallest absolute Gasteiger partial charge is 0.116 e. The van der Waals surface area contributed by atoms with E-state index in [4.69, 9.17) is 20.2 Å². The van der Waals surface area contributed by atoms with Crippen molar-refractivity contribution in [3.63, 3.8) is 0 Å². The molecule has 0 spiro atoms. The quantitative estimate of drug-likeness (QED) is 0.113. The maximum absolute atomic E-state index is 6.86. The number of fused-ring (bicyclic) bond motifs is 3. The van der Waals surface area contributed by atoms with Crippen molar-refractivity contribution >= 4 is 98.3 Å². The summed E-state index contributed by atoms with van der Waals surface area (Å²) in [6, 6.07) is 9.37. The predicted molar refractivity (Wildman–Crippen MR) is 198 cm³/mol. The first-order chi connectivity index (χ1) is 20.9. The molecule has 43 heavy (non-hydrogen) atoms. The van der Waals surface area contributed by atoms with E-state index < -0.39 is 0 Å². The Morgan fingerprint density at radius 1 is 0.605 bits per heavy atom. The van der Waals surface area contributed by atoms with Crippen molar-refractivity contribution in [3.05, 3.63) is 34.0 Å². The summed E-state index contributed by atoms with van der Waals surface area (Å²) in [6.45, 7) is 9.22. The predicted octanol–water partition coefficient (Wildman–Crippen LogP) is 12.3. The standard InChI is InChI=1S/C34H42N4S5/c1-5-9-11-19(7-3)13-21-15-23-25(39-21)17-27(41-23)29-31(35)32(36)30(34-33(29)37-43-38-34)28-18-26-24(42-28)16-22(40-26)14-20(8-4)12-10-6-2/h15-20H,5-14,35-36H2,1-4H3. The Labute approximate surface area is 275 Å². The average molecular weight is 667 g/mol. The van der Waals surface area contributed by atoms with Crippen molar-refractivity contribution < 1.29 is 0 Å². The summed E-state index contributed by atoms with van der Waals surface area (Å²) in [5.74, 6) is 1.54. The van der Waals surface area contributed by atoms with Gasteiger partial charge in [0.25, 0.3) is 0 Å². The maximum atomic E-state index is 6.86. The molecule has 0 saturated carbocycles. The fourth-order valence-electron chi connectivity index (χ4n) is 6.21. The van der Waals surface area contributed by atoms with E-state index >= 15 is 0 Å². The second-order valence-corrected chi connectivity index (χ2v) is 16.9. The lowest BCUT2D eigenvalue weighted by Gasteiger charge is -2.13. The van der Waals surface area contributed by atoms with E-state index in [9.17, 15) is 0 Å². The van der Waals surface area contributed by atoms with E-state index in [1.54, 1.807) is 22.7 Å². The SMILES string of the molecule is CCCCC(CC)Cc1cc2sc(-c3c(N)c(N)c(-c4cc5sc(CC(CC)CCCC)cc5s4)c4nsnc34)cc2s1. The first-order valence-electron chi connectivity index (χ1n) is 15.8. The van der Waals surface area contributed by atoms with Crippen LogP contribution in [-0.4, -0.2) is 8.75 Å². The fraction of sp³-hybridized carbons (Fsp3) is 0.471. The average Bonchev–Trinajstić information content (AvgIpc) is 3.81. The molecular weight excluding hydrogens is 625 g/mol. The zero-order valence-electron chi connectivity index (χ0n) is 25.6. The third-order valence-electron chi connectivity index (χ3n) is 8.87. The molecule has 1 aromatic carbocycles. The van der Waals surface area contributed by atoms with Crippen LogP contribution in [0, 0.1) is 11.8 Å². The van der Waals surface area contributed by atoms with Gasteiger partial charge in [-0.15, -0.1) is 45.3 Å². The molecule has 0 aliphatic heterocycles. The van der Waals surface area contributed by atoms with Gasteiger partial charge in [-0.3, -0.25) is 0 Å². The number of nitrogens with zero attached hydrogens (tertiary/aromatic N) is 2. The van der Waals surface area contributed by atoms with Gasteiger partial charge in [0.05, 0.1) is 23.1 Å². The van der Waals surface area contributed by atoms with E-state index in [0.29, 0.717) is 11.4 Å². The number of anilines is 2. The Bertz CT molecular complexity index is 1640. The molecule has 2 unspecified atom stereocenters. The van der Waals surface area contributed by atoms with E-state index in [0.717, 1.165) is 43.8 Å². The molecule has 228 valence electrons. The third-order valence-corrected chi connectivity index (χ3v) is 14.1. The normalized spacial score (nSPS) is 13.6. The van der Waals surface area contributed by atoms with Gasteiger partial charge in [0.15, 0.2) is 0 Å². The van der Waals surface area contributed by atoms with Gasteiger partial charge in [0.1, 0.15) is 11.0 Å². The van der Waals surface area contributed by atoms with Crippen molar-refractivity contribution in [2.75, 3.05) is 11.5 Å². The monoisotopic (exact) mass is 666 g/mol. The molecule has 0 fully saturated rings. The van der Waals surface area contributed by atoms with Crippen LogP contribution in [0.15, 0.2) is 24.3 Å². The van der Waals surface area contributed by atoms with Gasteiger partial charge in [-0.1, -0.05) is 79.1 Å². The molecule has 5 heterocycles. The first-order valence-corrected chi connectivity index (χ1v) is 19.8. The number of benzene rings is 1. The molecule has 6 aromatic rings. The molecule has 0 saturated heterocycles. The van der Waals surface area contributed by atoms with Crippen molar-refractivity contribution in [3.8, 4) is 20.9 Å². The van der Waals surface area contributed by atoms with Crippen LogP contribution in [0.2, 0.25) is 0 Å². The Balaban J connectivity index is 1.30. The zero-order chi connectivity index (χ0) is 30.1. The molecule has 2 atom stereocenters. The number of hydrogen-bond donors (Lipinski definition) is 2. The summed E-state index contributed by atoms with van der Waals surface area (Å²) in [6.07, 6.45) is 12.7. The highest BCUT2D eigenvalue weighted by Gasteiger charge is 2.25.